The zero-order valence-corrected chi connectivity index (χ0v) is 20.6. The summed E-state index contributed by atoms with van der Waals surface area (Å²) in [6, 6.07) is 10.9. The number of hydrogen-bond acceptors (Lipinski definition) is 7. The summed E-state index contributed by atoms with van der Waals surface area (Å²) in [4.78, 5) is 22.9. The number of anilines is 2. The van der Waals surface area contributed by atoms with Crippen LogP contribution in [-0.2, 0) is 13.0 Å². The second-order valence-electron chi connectivity index (χ2n) is 7.86. The van der Waals surface area contributed by atoms with E-state index in [0.717, 1.165) is 31.7 Å². The molecule has 186 valence electrons. The van der Waals surface area contributed by atoms with Gasteiger partial charge in [-0.3, -0.25) is 4.79 Å². The van der Waals surface area contributed by atoms with Crippen molar-refractivity contribution >= 4 is 17.5 Å². The van der Waals surface area contributed by atoms with Gasteiger partial charge in [-0.25, -0.2) is 14.4 Å². The van der Waals surface area contributed by atoms with Crippen LogP contribution in [0.2, 0.25) is 0 Å². The lowest BCUT2D eigenvalue weighted by Crippen LogP contribution is -2.25. The summed E-state index contributed by atoms with van der Waals surface area (Å²) >= 11 is 0. The molecule has 1 amide bonds. The predicted octanol–water partition coefficient (Wildman–Crippen LogP) is 4.19. The standard InChI is InChI=1S/C26H32FN5O3/c1-5-32(6-2)11-10-18-8-7-9-21(12-18)31-26-29-15-22(16-30-26)35-17-20-13-19(25(33)28-3)14-23(34-4)24(20)27/h7-9,12-16H,5-6,10-11,17H2,1-4H3,(H,28,33)(H,29,30,31). The Morgan fingerprint density at radius 1 is 1.11 bits per heavy atom. The van der Waals surface area contributed by atoms with Gasteiger partial charge in [0.15, 0.2) is 17.3 Å². The van der Waals surface area contributed by atoms with Crippen molar-refractivity contribution in [3.8, 4) is 11.5 Å². The van der Waals surface area contributed by atoms with Gasteiger partial charge in [0.2, 0.25) is 5.95 Å². The molecule has 0 aliphatic rings. The molecule has 0 atom stereocenters. The number of hydrogen-bond donors (Lipinski definition) is 2. The number of rotatable bonds is 12. The largest absolute Gasteiger partial charge is 0.494 e. The highest BCUT2D eigenvalue weighted by atomic mass is 19.1. The van der Waals surface area contributed by atoms with Crippen molar-refractivity contribution in [1.29, 1.82) is 0 Å². The minimum Gasteiger partial charge on any atom is -0.494 e. The highest BCUT2D eigenvalue weighted by Crippen LogP contribution is 2.25. The number of amides is 1. The quantitative estimate of drug-likeness (QED) is 0.401. The number of methoxy groups -OCH3 is 1. The fourth-order valence-corrected chi connectivity index (χ4v) is 3.56. The predicted molar refractivity (Wildman–Crippen MR) is 134 cm³/mol. The third kappa shape index (κ3) is 7.13. The average Bonchev–Trinajstić information content (AvgIpc) is 2.89. The number of nitrogens with one attached hydrogen (secondary N) is 2. The van der Waals surface area contributed by atoms with Crippen molar-refractivity contribution in [1.82, 2.24) is 20.2 Å². The third-order valence-corrected chi connectivity index (χ3v) is 5.64. The summed E-state index contributed by atoms with van der Waals surface area (Å²) in [7, 11) is 2.85. The molecule has 1 heterocycles. The number of likely N-dealkylation sites (N-methyl/N-ethyl adjacent to an activating group) is 1. The normalized spacial score (nSPS) is 10.8. The molecule has 0 unspecified atom stereocenters. The molecule has 0 aliphatic carbocycles. The molecule has 0 saturated carbocycles. The van der Waals surface area contributed by atoms with Crippen molar-refractivity contribution in [2.45, 2.75) is 26.9 Å². The Morgan fingerprint density at radius 2 is 1.86 bits per heavy atom. The summed E-state index contributed by atoms with van der Waals surface area (Å²) in [5.74, 6) is -0.166. The molecular weight excluding hydrogens is 449 g/mol. The van der Waals surface area contributed by atoms with Gasteiger partial charge in [0.1, 0.15) is 6.61 Å². The first-order chi connectivity index (χ1) is 17.0. The molecule has 8 nitrogen and oxygen atoms in total. The Labute approximate surface area is 205 Å². The molecule has 0 aliphatic heterocycles. The second kappa shape index (κ2) is 12.7. The zero-order chi connectivity index (χ0) is 25.2. The Bertz CT molecular complexity index is 1120. The maximum Gasteiger partial charge on any atom is 0.251 e. The van der Waals surface area contributed by atoms with Gasteiger partial charge in [-0.15, -0.1) is 0 Å². The van der Waals surface area contributed by atoms with Gasteiger partial charge in [0.05, 0.1) is 19.5 Å². The van der Waals surface area contributed by atoms with Crippen LogP contribution in [0.4, 0.5) is 16.0 Å². The van der Waals surface area contributed by atoms with Gasteiger partial charge in [0, 0.05) is 30.4 Å². The first-order valence-corrected chi connectivity index (χ1v) is 11.6. The van der Waals surface area contributed by atoms with Crippen molar-refractivity contribution in [2.24, 2.45) is 0 Å². The molecular formula is C26H32FN5O3. The van der Waals surface area contributed by atoms with Crippen LogP contribution in [0.3, 0.4) is 0 Å². The van der Waals surface area contributed by atoms with Crippen LogP contribution in [0.15, 0.2) is 48.8 Å². The molecule has 35 heavy (non-hydrogen) atoms. The molecule has 0 radical (unpaired) electrons. The number of carbonyl (C=O) groups excluding carboxylic acids is 1. The van der Waals surface area contributed by atoms with Crippen molar-refractivity contribution in [2.75, 3.05) is 39.1 Å². The number of carbonyl (C=O) groups is 1. The molecule has 2 N–H and O–H groups in total. The average molecular weight is 482 g/mol. The molecule has 0 fully saturated rings. The van der Waals surface area contributed by atoms with Crippen molar-refractivity contribution < 1.29 is 18.7 Å². The van der Waals surface area contributed by atoms with E-state index in [-0.39, 0.29) is 29.4 Å². The fourth-order valence-electron chi connectivity index (χ4n) is 3.56. The topological polar surface area (TPSA) is 88.6 Å². The Morgan fingerprint density at radius 3 is 2.51 bits per heavy atom. The summed E-state index contributed by atoms with van der Waals surface area (Å²) in [6.07, 6.45) is 3.99. The Balaban J connectivity index is 1.62. The van der Waals surface area contributed by atoms with E-state index in [4.69, 9.17) is 9.47 Å². The van der Waals surface area contributed by atoms with E-state index in [1.807, 2.05) is 12.1 Å². The Kier molecular flexibility index (Phi) is 9.37. The van der Waals surface area contributed by atoms with Gasteiger partial charge in [-0.05, 0) is 49.3 Å². The first kappa shape index (κ1) is 25.9. The van der Waals surface area contributed by atoms with Crippen LogP contribution < -0.4 is 20.1 Å². The van der Waals surface area contributed by atoms with Crippen molar-refractivity contribution in [3.05, 3.63) is 71.3 Å². The van der Waals surface area contributed by atoms with Gasteiger partial charge >= 0.3 is 0 Å². The van der Waals surface area contributed by atoms with Crippen LogP contribution in [0, 0.1) is 5.82 Å². The van der Waals surface area contributed by atoms with E-state index < -0.39 is 5.82 Å². The lowest BCUT2D eigenvalue weighted by molar-refractivity contribution is 0.0962. The van der Waals surface area contributed by atoms with E-state index in [9.17, 15) is 9.18 Å². The van der Waals surface area contributed by atoms with E-state index >= 15 is 0 Å². The van der Waals surface area contributed by atoms with E-state index in [0.29, 0.717) is 11.7 Å². The van der Waals surface area contributed by atoms with Crippen LogP contribution in [-0.4, -0.2) is 54.6 Å². The smallest absolute Gasteiger partial charge is 0.251 e. The number of aromatic nitrogens is 2. The number of benzene rings is 2. The molecule has 1 aromatic heterocycles. The lowest BCUT2D eigenvalue weighted by Gasteiger charge is -2.18. The lowest BCUT2D eigenvalue weighted by atomic mass is 10.1. The van der Waals surface area contributed by atoms with Crippen LogP contribution in [0.1, 0.15) is 35.3 Å². The molecule has 9 heteroatoms. The molecule has 3 rings (SSSR count). The zero-order valence-electron chi connectivity index (χ0n) is 20.6. The molecule has 3 aromatic rings. The highest BCUT2D eigenvalue weighted by molar-refractivity contribution is 5.94. The SMILES string of the molecule is CCN(CC)CCc1cccc(Nc2ncc(OCc3cc(C(=O)NC)cc(OC)c3F)cn2)c1. The highest BCUT2D eigenvalue weighted by Gasteiger charge is 2.15. The maximum atomic E-state index is 14.6. The monoisotopic (exact) mass is 481 g/mol. The van der Waals surface area contributed by atoms with Gasteiger partial charge in [-0.2, -0.15) is 0 Å². The number of ether oxygens (including phenoxy) is 2. The maximum absolute atomic E-state index is 14.6. The minimum atomic E-state index is -0.583. The van der Waals surface area contributed by atoms with E-state index in [1.165, 1.54) is 44.2 Å². The van der Waals surface area contributed by atoms with Crippen LogP contribution in [0.25, 0.3) is 0 Å². The van der Waals surface area contributed by atoms with E-state index in [1.54, 1.807) is 0 Å². The van der Waals surface area contributed by atoms with Gasteiger partial charge < -0.3 is 25.0 Å². The third-order valence-electron chi connectivity index (χ3n) is 5.64. The first-order valence-electron chi connectivity index (χ1n) is 11.6. The number of halogens is 1. The van der Waals surface area contributed by atoms with Crippen LogP contribution >= 0.6 is 0 Å². The molecule has 0 spiro atoms. The summed E-state index contributed by atoms with van der Waals surface area (Å²) in [5.41, 5.74) is 2.60. The summed E-state index contributed by atoms with van der Waals surface area (Å²) in [5, 5.41) is 5.71. The number of nitrogens with zero attached hydrogens (tertiary/aromatic N) is 3. The minimum absolute atomic E-state index is 0.0279. The molecule has 0 bridgehead atoms. The molecule has 0 saturated heterocycles. The van der Waals surface area contributed by atoms with Gasteiger partial charge in [0.25, 0.3) is 5.91 Å². The van der Waals surface area contributed by atoms with Gasteiger partial charge in [-0.1, -0.05) is 26.0 Å². The fraction of sp³-hybridized carbons (Fsp3) is 0.346. The summed E-state index contributed by atoms with van der Waals surface area (Å²) in [6.45, 7) is 7.31. The van der Waals surface area contributed by atoms with E-state index in [2.05, 4.69) is 51.5 Å². The second-order valence-corrected chi connectivity index (χ2v) is 7.86. The van der Waals surface area contributed by atoms with Crippen LogP contribution in [0.5, 0.6) is 11.5 Å². The molecule has 2 aromatic carbocycles. The van der Waals surface area contributed by atoms with Crippen molar-refractivity contribution in [3.63, 3.8) is 0 Å². The summed E-state index contributed by atoms with van der Waals surface area (Å²) < 4.78 is 25.3. The Hall–Kier alpha value is -3.72.